The number of amides is 1. The van der Waals surface area contributed by atoms with Gasteiger partial charge in [-0.05, 0) is 38.3 Å². The van der Waals surface area contributed by atoms with Gasteiger partial charge in [0.1, 0.15) is 18.1 Å². The normalized spacial score (nSPS) is 18.7. The molecule has 4 heterocycles. The van der Waals surface area contributed by atoms with Gasteiger partial charge in [-0.1, -0.05) is 0 Å². The predicted octanol–water partition coefficient (Wildman–Crippen LogP) is 2.13. The Labute approximate surface area is 180 Å². The van der Waals surface area contributed by atoms with Gasteiger partial charge in [0.15, 0.2) is 11.6 Å². The molecule has 2 fully saturated rings. The number of nitrogens with one attached hydrogen (secondary N) is 1. The molecule has 0 aromatic carbocycles. The van der Waals surface area contributed by atoms with Crippen LogP contribution >= 0.6 is 0 Å². The average Bonchev–Trinajstić information content (AvgIpc) is 3.40. The summed E-state index contributed by atoms with van der Waals surface area (Å²) in [5.74, 6) is 1.63. The van der Waals surface area contributed by atoms with Crippen molar-refractivity contribution in [2.24, 2.45) is 13.0 Å². The highest BCUT2D eigenvalue weighted by molar-refractivity contribution is 5.93. The van der Waals surface area contributed by atoms with Crippen LogP contribution in [0, 0.1) is 5.92 Å². The third kappa shape index (κ3) is 4.05. The van der Waals surface area contributed by atoms with Crippen LogP contribution in [0.2, 0.25) is 0 Å². The van der Waals surface area contributed by atoms with Gasteiger partial charge in [0.25, 0.3) is 0 Å². The van der Waals surface area contributed by atoms with Crippen molar-refractivity contribution >= 4 is 23.0 Å². The molecular weight excluding hydrogens is 396 g/mol. The maximum atomic E-state index is 12.0. The highest BCUT2D eigenvalue weighted by Gasteiger charge is 2.30. The smallest absolute Gasteiger partial charge is 0.228 e. The summed E-state index contributed by atoms with van der Waals surface area (Å²) in [6, 6.07) is 6.10. The van der Waals surface area contributed by atoms with E-state index in [4.69, 9.17) is 4.74 Å². The van der Waals surface area contributed by atoms with Crippen LogP contribution in [0.5, 0.6) is 5.75 Å². The van der Waals surface area contributed by atoms with Crippen LogP contribution in [0.15, 0.2) is 30.6 Å². The van der Waals surface area contributed by atoms with Gasteiger partial charge in [0.05, 0.1) is 18.3 Å². The number of fused-ring (bicyclic) bond motifs is 1. The maximum Gasteiger partial charge on any atom is 0.228 e. The number of anilines is 1. The first-order chi connectivity index (χ1) is 15.0. The summed E-state index contributed by atoms with van der Waals surface area (Å²) >= 11 is 0. The number of carbonyl (C=O) groups excluding carboxylic acids is 2. The van der Waals surface area contributed by atoms with Gasteiger partial charge in [-0.25, -0.2) is 4.52 Å². The Kier molecular flexibility index (Phi) is 4.97. The number of hydrogen-bond donors (Lipinski definition) is 1. The fourth-order valence-corrected chi connectivity index (χ4v) is 3.99. The van der Waals surface area contributed by atoms with Crippen LogP contribution in [0.3, 0.4) is 0 Å². The van der Waals surface area contributed by atoms with E-state index in [9.17, 15) is 9.59 Å². The monoisotopic (exact) mass is 422 g/mol. The van der Waals surface area contributed by atoms with E-state index in [0.29, 0.717) is 24.7 Å². The summed E-state index contributed by atoms with van der Waals surface area (Å²) in [6.07, 6.45) is 6.54. The Morgan fingerprint density at radius 2 is 2.10 bits per heavy atom. The largest absolute Gasteiger partial charge is 0.488 e. The number of rotatable bonds is 8. The Hall–Kier alpha value is -3.20. The Balaban J connectivity index is 1.33. The van der Waals surface area contributed by atoms with E-state index in [1.165, 1.54) is 0 Å². The molecule has 0 unspecified atom stereocenters. The molecule has 1 saturated carbocycles. The van der Waals surface area contributed by atoms with Crippen molar-refractivity contribution in [3.63, 3.8) is 0 Å². The van der Waals surface area contributed by atoms with Crippen LogP contribution in [-0.4, -0.2) is 61.7 Å². The second-order valence-corrected chi connectivity index (χ2v) is 8.48. The van der Waals surface area contributed by atoms with Crippen molar-refractivity contribution < 1.29 is 14.3 Å². The first-order valence-electron chi connectivity index (χ1n) is 10.7. The molecule has 3 aromatic heterocycles. The van der Waals surface area contributed by atoms with Gasteiger partial charge in [-0.2, -0.15) is 10.2 Å². The lowest BCUT2D eigenvalue weighted by Gasteiger charge is -2.39. The quantitative estimate of drug-likeness (QED) is 0.598. The van der Waals surface area contributed by atoms with Crippen molar-refractivity contribution in [1.82, 2.24) is 24.3 Å². The van der Waals surface area contributed by atoms with E-state index in [0.717, 1.165) is 42.6 Å². The van der Waals surface area contributed by atoms with Gasteiger partial charge >= 0.3 is 0 Å². The minimum absolute atomic E-state index is 0.0424. The Morgan fingerprint density at radius 1 is 1.26 bits per heavy atom. The molecule has 9 nitrogen and oxygen atoms in total. The second kappa shape index (κ2) is 7.81. The van der Waals surface area contributed by atoms with Gasteiger partial charge in [0.2, 0.25) is 5.91 Å². The van der Waals surface area contributed by atoms with Gasteiger partial charge < -0.3 is 10.1 Å². The molecular formula is C22H26N6O3. The molecule has 162 valence electrons. The fourth-order valence-electron chi connectivity index (χ4n) is 3.99. The number of aryl methyl sites for hydroxylation is 1. The lowest BCUT2D eigenvalue weighted by Crippen LogP contribution is -2.52. The number of likely N-dealkylation sites (tertiary alicyclic amines) is 1. The second-order valence-electron chi connectivity index (χ2n) is 8.48. The molecule has 3 aromatic rings. The fraction of sp³-hybridized carbons (Fsp3) is 0.455. The molecule has 31 heavy (non-hydrogen) atoms. The summed E-state index contributed by atoms with van der Waals surface area (Å²) < 4.78 is 9.66. The average molecular weight is 422 g/mol. The maximum absolute atomic E-state index is 12.0. The van der Waals surface area contributed by atoms with Crippen LogP contribution in [-0.2, 0) is 16.6 Å². The van der Waals surface area contributed by atoms with Crippen molar-refractivity contribution in [1.29, 1.82) is 0 Å². The summed E-state index contributed by atoms with van der Waals surface area (Å²) in [5.41, 5.74) is 2.71. The summed E-state index contributed by atoms with van der Waals surface area (Å²) in [5, 5.41) is 11.7. The molecule has 0 bridgehead atoms. The van der Waals surface area contributed by atoms with Gasteiger partial charge in [-0.3, -0.25) is 19.2 Å². The van der Waals surface area contributed by atoms with Crippen LogP contribution in [0.1, 0.15) is 26.2 Å². The van der Waals surface area contributed by atoms with Crippen molar-refractivity contribution in [3.05, 3.63) is 30.6 Å². The van der Waals surface area contributed by atoms with Crippen molar-refractivity contribution in [3.8, 4) is 17.0 Å². The summed E-state index contributed by atoms with van der Waals surface area (Å²) in [7, 11) is 1.88. The molecule has 1 atom stereocenters. The van der Waals surface area contributed by atoms with Crippen LogP contribution < -0.4 is 10.1 Å². The Bertz CT molecular complexity index is 1150. The minimum atomic E-state index is 0.0424. The zero-order valence-corrected chi connectivity index (χ0v) is 17.7. The van der Waals surface area contributed by atoms with Crippen molar-refractivity contribution in [2.75, 3.05) is 25.0 Å². The third-order valence-corrected chi connectivity index (χ3v) is 5.96. The number of aromatic nitrogens is 4. The SMILES string of the molecule is CC(=O)CN1CC[C@@H]1COc1cnn(C)c1-c1ccn2nc(NC(=O)C3CC3)cc2c1. The number of nitrogens with zero attached hydrogens (tertiary/aromatic N) is 5. The van der Waals surface area contributed by atoms with Crippen LogP contribution in [0.25, 0.3) is 16.8 Å². The molecule has 2 aliphatic rings. The number of carbonyl (C=O) groups is 2. The highest BCUT2D eigenvalue weighted by Crippen LogP contribution is 2.32. The molecule has 1 aliphatic carbocycles. The van der Waals surface area contributed by atoms with Crippen molar-refractivity contribution in [2.45, 2.75) is 32.2 Å². The highest BCUT2D eigenvalue weighted by atomic mass is 16.5. The zero-order valence-electron chi connectivity index (χ0n) is 17.7. The first-order valence-corrected chi connectivity index (χ1v) is 10.7. The van der Waals surface area contributed by atoms with E-state index < -0.39 is 0 Å². The van der Waals surface area contributed by atoms with E-state index >= 15 is 0 Å². The number of pyridine rings is 1. The third-order valence-electron chi connectivity index (χ3n) is 5.96. The van der Waals surface area contributed by atoms with E-state index in [2.05, 4.69) is 20.4 Å². The Morgan fingerprint density at radius 3 is 2.81 bits per heavy atom. The molecule has 0 radical (unpaired) electrons. The standard InChI is InChI=1S/C22H26N6O3/c1-14(29)12-27-7-6-17(27)13-31-19-11-23-26(2)21(19)16-5-8-28-18(9-16)10-20(25-28)24-22(30)15-3-4-15/h5,8-11,15,17H,3-4,6-7,12-13H2,1-2H3,(H,24,25,30)/t17-/m1/s1. The zero-order chi connectivity index (χ0) is 21.5. The minimum Gasteiger partial charge on any atom is -0.488 e. The molecule has 0 spiro atoms. The molecule has 1 amide bonds. The molecule has 1 aliphatic heterocycles. The molecule has 9 heteroatoms. The molecule has 5 rings (SSSR count). The summed E-state index contributed by atoms with van der Waals surface area (Å²) in [4.78, 5) is 25.6. The number of ether oxygens (including phenoxy) is 1. The number of ketones is 1. The van der Waals surface area contributed by atoms with Gasteiger partial charge in [-0.15, -0.1) is 0 Å². The van der Waals surface area contributed by atoms with Crippen LogP contribution in [0.4, 0.5) is 5.82 Å². The topological polar surface area (TPSA) is 93.8 Å². The van der Waals surface area contributed by atoms with E-state index in [1.807, 2.05) is 31.4 Å². The molecule has 1 saturated heterocycles. The lowest BCUT2D eigenvalue weighted by molar-refractivity contribution is -0.120. The number of Topliss-reactive ketones (excluding diaryl/α,β-unsaturated/α-hetero) is 1. The predicted molar refractivity (Wildman–Crippen MR) is 115 cm³/mol. The molecule has 1 N–H and O–H groups in total. The van der Waals surface area contributed by atoms with Gasteiger partial charge in [0, 0.05) is 43.4 Å². The van der Waals surface area contributed by atoms with E-state index in [-0.39, 0.29) is 23.7 Å². The van der Waals surface area contributed by atoms with E-state index in [1.54, 1.807) is 22.3 Å². The summed E-state index contributed by atoms with van der Waals surface area (Å²) in [6.45, 7) is 3.56. The first kappa shape index (κ1) is 19.7. The lowest BCUT2D eigenvalue weighted by atomic mass is 10.0. The number of hydrogen-bond acceptors (Lipinski definition) is 6.